The summed E-state index contributed by atoms with van der Waals surface area (Å²) in [5, 5.41) is 5.52. The Morgan fingerprint density at radius 1 is 1.05 bits per heavy atom. The van der Waals surface area contributed by atoms with Gasteiger partial charge in [-0.1, -0.05) is 23.9 Å². The molecule has 11 nitrogen and oxygen atoms in total. The third-order valence-electron chi connectivity index (χ3n) is 6.73. The highest BCUT2D eigenvalue weighted by Gasteiger charge is 2.41. The quantitative estimate of drug-likeness (QED) is 0.309. The standard InChI is InChI=1S/C29H31N3O8S/c1-17-26(28(34)38-10-9-35-2)27(19-6-8-21(36-3)23(12-19)37-4)32-20(15-41-29(32)31-17)13-25(33)30-14-18-5-7-22-24(11-18)40-16-39-22/h5-8,11-12,15,27H,9-10,13-14,16H2,1-4H3,(H,30,33)/t27-/m0/s1. The summed E-state index contributed by atoms with van der Waals surface area (Å²) in [4.78, 5) is 33.1. The van der Waals surface area contributed by atoms with Crippen LogP contribution in [0.1, 0.15) is 30.5 Å². The average Bonchev–Trinajstić information content (AvgIpc) is 3.61. The van der Waals surface area contributed by atoms with Gasteiger partial charge < -0.3 is 38.6 Å². The van der Waals surface area contributed by atoms with Gasteiger partial charge in [-0.05, 0) is 47.7 Å². The van der Waals surface area contributed by atoms with Crippen molar-refractivity contribution in [1.29, 1.82) is 0 Å². The molecule has 1 amide bonds. The van der Waals surface area contributed by atoms with Gasteiger partial charge in [0.25, 0.3) is 0 Å². The van der Waals surface area contributed by atoms with Crippen molar-refractivity contribution in [2.45, 2.75) is 25.9 Å². The molecule has 0 saturated heterocycles. The molecule has 216 valence electrons. The highest BCUT2D eigenvalue weighted by Crippen LogP contribution is 2.46. The van der Waals surface area contributed by atoms with E-state index in [4.69, 9.17) is 33.4 Å². The lowest BCUT2D eigenvalue weighted by Gasteiger charge is -2.36. The van der Waals surface area contributed by atoms with Crippen molar-refractivity contribution in [2.75, 3.05) is 41.3 Å². The van der Waals surface area contributed by atoms with Crippen LogP contribution in [0, 0.1) is 0 Å². The van der Waals surface area contributed by atoms with Crippen LogP contribution in [-0.4, -0.2) is 63.3 Å². The zero-order chi connectivity index (χ0) is 28.9. The summed E-state index contributed by atoms with van der Waals surface area (Å²) in [6.07, 6.45) is 0.0748. The topological polar surface area (TPSA) is 117 Å². The molecule has 12 heteroatoms. The number of methoxy groups -OCH3 is 3. The average molecular weight is 582 g/mol. The molecule has 3 heterocycles. The minimum absolute atomic E-state index is 0.0748. The number of aliphatic imine (C=N–C) groups is 1. The largest absolute Gasteiger partial charge is 0.493 e. The molecule has 0 fully saturated rings. The summed E-state index contributed by atoms with van der Waals surface area (Å²) < 4.78 is 32.3. The first-order valence-corrected chi connectivity index (χ1v) is 13.8. The van der Waals surface area contributed by atoms with Gasteiger partial charge in [-0.15, -0.1) is 0 Å². The van der Waals surface area contributed by atoms with E-state index in [1.165, 1.54) is 18.9 Å². The lowest BCUT2D eigenvalue weighted by atomic mass is 9.93. The third kappa shape index (κ3) is 5.98. The number of thioether (sulfide) groups is 1. The number of ether oxygens (including phenoxy) is 6. The van der Waals surface area contributed by atoms with E-state index in [1.807, 2.05) is 40.6 Å². The predicted molar refractivity (Wildman–Crippen MR) is 152 cm³/mol. The molecule has 3 aliphatic heterocycles. The molecule has 0 aromatic heterocycles. The maximum atomic E-state index is 13.4. The van der Waals surface area contributed by atoms with Gasteiger partial charge >= 0.3 is 5.97 Å². The van der Waals surface area contributed by atoms with Crippen molar-refractivity contribution < 1.29 is 38.0 Å². The summed E-state index contributed by atoms with van der Waals surface area (Å²) in [5.41, 5.74) is 3.24. The third-order valence-corrected chi connectivity index (χ3v) is 7.62. The number of nitrogens with one attached hydrogen (secondary N) is 1. The van der Waals surface area contributed by atoms with Crippen LogP contribution < -0.4 is 24.3 Å². The maximum absolute atomic E-state index is 13.4. The maximum Gasteiger partial charge on any atom is 0.338 e. The van der Waals surface area contributed by atoms with Crippen molar-refractivity contribution in [3.63, 3.8) is 0 Å². The fraction of sp³-hybridized carbons (Fsp3) is 0.345. The second-order valence-electron chi connectivity index (χ2n) is 9.28. The number of carbonyl (C=O) groups excluding carboxylic acids is 2. The number of carbonyl (C=O) groups is 2. The van der Waals surface area contributed by atoms with E-state index in [0.29, 0.717) is 51.7 Å². The van der Waals surface area contributed by atoms with Gasteiger partial charge in [-0.25, -0.2) is 9.79 Å². The molecule has 0 spiro atoms. The number of amidine groups is 1. The summed E-state index contributed by atoms with van der Waals surface area (Å²) in [5.74, 6) is 1.72. The predicted octanol–water partition coefficient (Wildman–Crippen LogP) is 3.90. The molecule has 0 unspecified atom stereocenters. The normalized spacial score (nSPS) is 17.1. The molecule has 2 aromatic carbocycles. The second-order valence-corrected chi connectivity index (χ2v) is 10.1. The van der Waals surface area contributed by atoms with Crippen molar-refractivity contribution >= 4 is 28.8 Å². The lowest BCUT2D eigenvalue weighted by molar-refractivity contribution is -0.141. The number of hydrogen-bond donors (Lipinski definition) is 1. The van der Waals surface area contributed by atoms with Gasteiger partial charge in [0.05, 0.1) is 44.6 Å². The van der Waals surface area contributed by atoms with Crippen LogP contribution in [-0.2, 0) is 25.6 Å². The molecular weight excluding hydrogens is 550 g/mol. The van der Waals surface area contributed by atoms with E-state index in [-0.39, 0.29) is 32.3 Å². The number of benzene rings is 2. The summed E-state index contributed by atoms with van der Waals surface area (Å²) in [7, 11) is 4.65. The van der Waals surface area contributed by atoms with Gasteiger partial charge in [0.2, 0.25) is 12.7 Å². The number of allylic oxidation sites excluding steroid dienone is 1. The SMILES string of the molecule is COCCOC(=O)C1=C(C)N=C2SC=C(CC(=O)NCc3ccc4c(c3)OCO4)N2[C@H]1c1ccc(OC)c(OC)c1. The molecule has 5 rings (SSSR count). The smallest absolute Gasteiger partial charge is 0.338 e. The Hall–Kier alpha value is -4.16. The van der Waals surface area contributed by atoms with Gasteiger partial charge in [-0.2, -0.15) is 0 Å². The van der Waals surface area contributed by atoms with Gasteiger partial charge in [0.15, 0.2) is 28.2 Å². The fourth-order valence-electron chi connectivity index (χ4n) is 4.74. The molecule has 0 radical (unpaired) electrons. The number of hydrogen-bond acceptors (Lipinski definition) is 11. The molecule has 0 saturated carbocycles. The Balaban J connectivity index is 1.40. The molecule has 1 atom stereocenters. The molecule has 0 aliphatic carbocycles. The van der Waals surface area contributed by atoms with Crippen LogP contribution in [0.5, 0.6) is 23.0 Å². The number of amides is 1. The minimum Gasteiger partial charge on any atom is -0.493 e. The Morgan fingerprint density at radius 3 is 2.63 bits per heavy atom. The highest BCUT2D eigenvalue weighted by molar-refractivity contribution is 8.16. The Labute approximate surface area is 242 Å². The van der Waals surface area contributed by atoms with E-state index >= 15 is 0 Å². The van der Waals surface area contributed by atoms with Crippen molar-refractivity contribution in [3.05, 3.63) is 69.9 Å². The van der Waals surface area contributed by atoms with E-state index in [1.54, 1.807) is 27.2 Å². The van der Waals surface area contributed by atoms with E-state index in [9.17, 15) is 9.59 Å². The van der Waals surface area contributed by atoms with Crippen LogP contribution in [0.2, 0.25) is 0 Å². The van der Waals surface area contributed by atoms with E-state index in [0.717, 1.165) is 11.1 Å². The first kappa shape index (κ1) is 28.4. The van der Waals surface area contributed by atoms with E-state index in [2.05, 4.69) is 5.32 Å². The number of fused-ring (bicyclic) bond motifs is 2. The monoisotopic (exact) mass is 581 g/mol. The van der Waals surface area contributed by atoms with Gasteiger partial charge in [0, 0.05) is 19.4 Å². The van der Waals surface area contributed by atoms with Crippen molar-refractivity contribution in [1.82, 2.24) is 10.2 Å². The highest BCUT2D eigenvalue weighted by atomic mass is 32.2. The Morgan fingerprint density at radius 2 is 1.85 bits per heavy atom. The van der Waals surface area contributed by atoms with Crippen molar-refractivity contribution in [3.8, 4) is 23.0 Å². The minimum atomic E-state index is -0.611. The molecule has 41 heavy (non-hydrogen) atoms. The summed E-state index contributed by atoms with van der Waals surface area (Å²) in [6.45, 7) is 2.66. The van der Waals surface area contributed by atoms with Crippen LogP contribution in [0.25, 0.3) is 0 Å². The second kappa shape index (κ2) is 12.6. The first-order valence-electron chi connectivity index (χ1n) is 12.9. The Kier molecular flexibility index (Phi) is 8.70. The van der Waals surface area contributed by atoms with Gasteiger partial charge in [-0.3, -0.25) is 4.79 Å². The number of nitrogens with zero attached hydrogens (tertiary/aromatic N) is 2. The fourth-order valence-corrected chi connectivity index (χ4v) is 5.71. The lowest BCUT2D eigenvalue weighted by Crippen LogP contribution is -2.38. The van der Waals surface area contributed by atoms with Crippen LogP contribution in [0.4, 0.5) is 0 Å². The van der Waals surface area contributed by atoms with Gasteiger partial charge in [0.1, 0.15) is 6.61 Å². The molecule has 2 aromatic rings. The van der Waals surface area contributed by atoms with E-state index < -0.39 is 12.0 Å². The molecule has 1 N–H and O–H groups in total. The zero-order valence-corrected chi connectivity index (χ0v) is 24.0. The summed E-state index contributed by atoms with van der Waals surface area (Å²) in [6, 6.07) is 10.4. The molecule has 0 bridgehead atoms. The number of esters is 1. The number of rotatable bonds is 11. The first-order chi connectivity index (χ1) is 19.9. The van der Waals surface area contributed by atoms with Crippen LogP contribution in [0.15, 0.2) is 63.8 Å². The molecule has 3 aliphatic rings. The molecular formula is C29H31N3O8S. The Bertz CT molecular complexity index is 1440. The van der Waals surface area contributed by atoms with Crippen molar-refractivity contribution in [2.24, 2.45) is 4.99 Å². The summed E-state index contributed by atoms with van der Waals surface area (Å²) >= 11 is 1.40. The van der Waals surface area contributed by atoms with Crippen LogP contribution in [0.3, 0.4) is 0 Å². The zero-order valence-electron chi connectivity index (χ0n) is 23.2. The van der Waals surface area contributed by atoms with Crippen LogP contribution >= 0.6 is 11.8 Å².